The molecule has 3 aliphatic rings. The van der Waals surface area contributed by atoms with Gasteiger partial charge in [0.05, 0.1) is 0 Å². The number of hydrogen-bond donors (Lipinski definition) is 0. The van der Waals surface area contributed by atoms with Crippen molar-refractivity contribution in [3.63, 3.8) is 0 Å². The molecule has 3 saturated heterocycles. The van der Waals surface area contributed by atoms with Crippen LogP contribution in [0.4, 0.5) is 10.5 Å². The minimum absolute atomic E-state index is 0.205. The van der Waals surface area contributed by atoms with Crippen molar-refractivity contribution in [3.05, 3.63) is 28.8 Å². The predicted octanol–water partition coefficient (Wildman–Crippen LogP) is 3.68. The van der Waals surface area contributed by atoms with Gasteiger partial charge in [-0.3, -0.25) is 9.80 Å². The minimum Gasteiger partial charge on any atom is -0.444 e. The van der Waals surface area contributed by atoms with Crippen LogP contribution in [0.15, 0.2) is 18.2 Å². The zero-order chi connectivity index (χ0) is 21.3. The number of carbonyl (C=O) groups excluding carboxylic acids is 1. The topological polar surface area (TPSA) is 39.3 Å². The molecule has 0 aromatic heterocycles. The van der Waals surface area contributed by atoms with Crippen molar-refractivity contribution in [2.24, 2.45) is 0 Å². The molecular formula is C23H35ClN4O2. The molecule has 1 atom stereocenters. The second-order valence-corrected chi connectivity index (χ2v) is 10.2. The van der Waals surface area contributed by atoms with E-state index in [4.69, 9.17) is 16.3 Å². The van der Waals surface area contributed by atoms with E-state index < -0.39 is 5.60 Å². The van der Waals surface area contributed by atoms with Gasteiger partial charge in [-0.2, -0.15) is 0 Å². The maximum absolute atomic E-state index is 12.3. The highest BCUT2D eigenvalue weighted by Crippen LogP contribution is 2.31. The van der Waals surface area contributed by atoms with Crippen molar-refractivity contribution >= 4 is 23.4 Å². The van der Waals surface area contributed by atoms with Gasteiger partial charge in [0.1, 0.15) is 5.60 Å². The van der Waals surface area contributed by atoms with Crippen molar-refractivity contribution in [3.8, 4) is 0 Å². The number of ether oxygens (including phenoxy) is 1. The van der Waals surface area contributed by atoms with Gasteiger partial charge >= 0.3 is 6.09 Å². The van der Waals surface area contributed by atoms with Gasteiger partial charge in [0.25, 0.3) is 0 Å². The third kappa shape index (κ3) is 5.21. The summed E-state index contributed by atoms with van der Waals surface area (Å²) >= 11 is 6.39. The smallest absolute Gasteiger partial charge is 0.410 e. The number of nitrogens with zero attached hydrogens (tertiary/aromatic N) is 4. The summed E-state index contributed by atoms with van der Waals surface area (Å²) in [6.45, 7) is 14.3. The quantitative estimate of drug-likeness (QED) is 0.725. The molecule has 0 spiro atoms. The van der Waals surface area contributed by atoms with Crippen molar-refractivity contribution in [2.45, 2.75) is 51.8 Å². The van der Waals surface area contributed by atoms with Crippen LogP contribution in [0, 0.1) is 0 Å². The van der Waals surface area contributed by atoms with E-state index >= 15 is 0 Å². The highest BCUT2D eigenvalue weighted by atomic mass is 35.5. The van der Waals surface area contributed by atoms with Crippen LogP contribution < -0.4 is 4.90 Å². The first-order valence-corrected chi connectivity index (χ1v) is 11.6. The lowest BCUT2D eigenvalue weighted by Gasteiger charge is -2.40. The summed E-state index contributed by atoms with van der Waals surface area (Å²) < 4.78 is 5.52. The van der Waals surface area contributed by atoms with E-state index in [2.05, 4.69) is 26.8 Å². The fraction of sp³-hybridized carbons (Fsp3) is 0.696. The first kappa shape index (κ1) is 21.7. The minimum atomic E-state index is -0.449. The molecule has 1 aromatic carbocycles. The lowest BCUT2D eigenvalue weighted by molar-refractivity contribution is 0.0139. The highest BCUT2D eigenvalue weighted by Gasteiger charge is 2.32. The third-order valence-electron chi connectivity index (χ3n) is 6.39. The Morgan fingerprint density at radius 2 is 1.87 bits per heavy atom. The van der Waals surface area contributed by atoms with Crippen molar-refractivity contribution in [1.29, 1.82) is 0 Å². The van der Waals surface area contributed by atoms with Crippen LogP contribution in [0.25, 0.3) is 0 Å². The molecule has 0 aliphatic carbocycles. The zero-order valence-electron chi connectivity index (χ0n) is 18.6. The van der Waals surface area contributed by atoms with Gasteiger partial charge in [0.2, 0.25) is 0 Å². The Labute approximate surface area is 185 Å². The molecule has 7 heteroatoms. The van der Waals surface area contributed by atoms with E-state index in [-0.39, 0.29) is 6.09 Å². The van der Waals surface area contributed by atoms with Gasteiger partial charge in [0.15, 0.2) is 0 Å². The van der Waals surface area contributed by atoms with Crippen molar-refractivity contribution < 1.29 is 9.53 Å². The third-order valence-corrected chi connectivity index (χ3v) is 6.63. The van der Waals surface area contributed by atoms with Crippen LogP contribution in [0.3, 0.4) is 0 Å². The van der Waals surface area contributed by atoms with Crippen molar-refractivity contribution in [2.75, 3.05) is 57.3 Å². The van der Waals surface area contributed by atoms with Gasteiger partial charge < -0.3 is 14.5 Å². The highest BCUT2D eigenvalue weighted by molar-refractivity contribution is 6.30. The Kier molecular flexibility index (Phi) is 6.47. The van der Waals surface area contributed by atoms with Gasteiger partial charge in [-0.15, -0.1) is 0 Å². The van der Waals surface area contributed by atoms with Crippen LogP contribution in [-0.2, 0) is 11.3 Å². The van der Waals surface area contributed by atoms with E-state index in [1.54, 1.807) is 0 Å². The maximum Gasteiger partial charge on any atom is 0.410 e. The average Bonchev–Trinajstić information content (AvgIpc) is 3.16. The number of hydrogen-bond acceptors (Lipinski definition) is 5. The largest absolute Gasteiger partial charge is 0.444 e. The summed E-state index contributed by atoms with van der Waals surface area (Å²) in [6, 6.07) is 7.00. The van der Waals surface area contributed by atoms with E-state index in [1.807, 2.05) is 31.7 Å². The molecule has 0 unspecified atom stereocenters. The van der Waals surface area contributed by atoms with E-state index in [1.165, 1.54) is 30.6 Å². The van der Waals surface area contributed by atoms with Crippen molar-refractivity contribution in [1.82, 2.24) is 14.7 Å². The predicted molar refractivity (Wildman–Crippen MR) is 121 cm³/mol. The average molecular weight is 435 g/mol. The lowest BCUT2D eigenvalue weighted by atomic mass is 10.1. The second kappa shape index (κ2) is 8.93. The molecule has 166 valence electrons. The van der Waals surface area contributed by atoms with Crippen LogP contribution in [0.2, 0.25) is 5.02 Å². The van der Waals surface area contributed by atoms with Crippen LogP contribution >= 0.6 is 11.6 Å². The summed E-state index contributed by atoms with van der Waals surface area (Å²) in [5.74, 6) is 0. The number of halogens is 1. The first-order chi connectivity index (χ1) is 14.3. The van der Waals surface area contributed by atoms with E-state index in [0.29, 0.717) is 19.1 Å². The summed E-state index contributed by atoms with van der Waals surface area (Å²) in [6.07, 6.45) is 2.42. The lowest BCUT2D eigenvalue weighted by Crippen LogP contribution is -2.51. The number of fused-ring (bicyclic) bond motifs is 1. The Hall–Kier alpha value is -1.50. The molecule has 0 radical (unpaired) electrons. The molecule has 30 heavy (non-hydrogen) atoms. The van der Waals surface area contributed by atoms with Gasteiger partial charge in [-0.1, -0.05) is 17.7 Å². The molecule has 0 saturated carbocycles. The summed E-state index contributed by atoms with van der Waals surface area (Å²) in [5, 5.41) is 0.803. The molecule has 4 rings (SSSR count). The normalized spacial score (nSPS) is 23.5. The number of benzene rings is 1. The molecule has 1 amide bonds. The Morgan fingerprint density at radius 3 is 2.60 bits per heavy atom. The number of amides is 1. The first-order valence-electron chi connectivity index (χ1n) is 11.3. The molecular weight excluding hydrogens is 400 g/mol. The second-order valence-electron chi connectivity index (χ2n) is 9.79. The fourth-order valence-electron chi connectivity index (χ4n) is 4.83. The van der Waals surface area contributed by atoms with Crippen LogP contribution in [0.1, 0.15) is 39.2 Å². The monoisotopic (exact) mass is 434 g/mol. The van der Waals surface area contributed by atoms with Gasteiger partial charge in [0, 0.05) is 69.1 Å². The SMILES string of the molecule is CC(C)(C)OC(=O)N1CCN(Cc2ccc(Cl)cc2N2CCN3CCC[C@@H]3C2)CC1. The van der Waals surface area contributed by atoms with Gasteiger partial charge in [-0.05, 0) is 57.9 Å². The Bertz CT molecular complexity index is 758. The molecule has 3 heterocycles. The van der Waals surface area contributed by atoms with E-state index in [0.717, 1.165) is 44.3 Å². The molecule has 0 bridgehead atoms. The maximum atomic E-state index is 12.3. The summed E-state index contributed by atoms with van der Waals surface area (Å²) in [7, 11) is 0. The van der Waals surface area contributed by atoms with Gasteiger partial charge in [-0.25, -0.2) is 4.79 Å². The molecule has 6 nitrogen and oxygen atoms in total. The molecule has 3 fully saturated rings. The number of piperazine rings is 2. The molecule has 3 aliphatic heterocycles. The zero-order valence-corrected chi connectivity index (χ0v) is 19.3. The summed E-state index contributed by atoms with van der Waals surface area (Å²) in [5.41, 5.74) is 2.16. The van der Waals surface area contributed by atoms with E-state index in [9.17, 15) is 4.79 Å². The Balaban J connectivity index is 1.38. The molecule has 1 aromatic rings. The molecule has 0 N–H and O–H groups in total. The number of rotatable bonds is 3. The Morgan fingerprint density at radius 1 is 1.10 bits per heavy atom. The standard InChI is InChI=1S/C23H35ClN4O2/c1-23(2,3)30-22(29)27-11-9-25(10-12-27)16-18-6-7-19(24)15-21(18)28-14-13-26-8-4-5-20(26)17-28/h6-7,15,20H,4-5,8-14,16-17H2,1-3H3/t20-/m1/s1. The fourth-order valence-corrected chi connectivity index (χ4v) is 5.00. The van der Waals surface area contributed by atoms with Crippen LogP contribution in [-0.4, -0.2) is 84.8 Å². The number of carbonyl (C=O) groups is 1. The summed E-state index contributed by atoms with van der Waals surface area (Å²) in [4.78, 5) is 21.7. The van der Waals surface area contributed by atoms with Crippen LogP contribution in [0.5, 0.6) is 0 Å². The number of anilines is 1.